The van der Waals surface area contributed by atoms with E-state index in [1.165, 1.54) is 23.9 Å². The van der Waals surface area contributed by atoms with Gasteiger partial charge in [0.1, 0.15) is 29.5 Å². The molecule has 0 aliphatic rings. The highest BCUT2D eigenvalue weighted by atomic mass is 16.5. The van der Waals surface area contributed by atoms with Gasteiger partial charge in [0.2, 0.25) is 0 Å². The normalized spacial score (nSPS) is 10.3. The Labute approximate surface area is 167 Å². The summed E-state index contributed by atoms with van der Waals surface area (Å²) in [5, 5.41) is 6.86. The summed E-state index contributed by atoms with van der Waals surface area (Å²) >= 11 is 0. The Morgan fingerprint density at radius 2 is 1.79 bits per heavy atom. The number of aromatic nitrogens is 2. The third kappa shape index (κ3) is 5.13. The van der Waals surface area contributed by atoms with Gasteiger partial charge < -0.3 is 19.5 Å². The minimum Gasteiger partial charge on any atom is -0.497 e. The monoisotopic (exact) mass is 395 g/mol. The fourth-order valence-electron chi connectivity index (χ4n) is 2.59. The maximum Gasteiger partial charge on any atom is 0.276 e. The average molecular weight is 395 g/mol. The Morgan fingerprint density at radius 3 is 2.52 bits per heavy atom. The van der Waals surface area contributed by atoms with E-state index in [2.05, 4.69) is 10.4 Å². The molecule has 1 N–H and O–H groups in total. The number of benzene rings is 2. The molecule has 2 aromatic carbocycles. The second-order valence-corrected chi connectivity index (χ2v) is 5.96. The largest absolute Gasteiger partial charge is 0.497 e. The maximum absolute atomic E-state index is 12.6. The molecule has 8 heteroatoms. The van der Waals surface area contributed by atoms with Crippen molar-refractivity contribution >= 4 is 11.6 Å². The molecule has 3 rings (SSSR count). The number of methoxy groups -OCH3 is 2. The molecular formula is C21H21N3O5. The Hall–Kier alpha value is -3.81. The summed E-state index contributed by atoms with van der Waals surface area (Å²) in [5.41, 5.74) is 0.243. The second-order valence-electron chi connectivity index (χ2n) is 5.96. The molecular weight excluding hydrogens is 374 g/mol. The van der Waals surface area contributed by atoms with Gasteiger partial charge in [0.15, 0.2) is 0 Å². The summed E-state index contributed by atoms with van der Waals surface area (Å²) in [6, 6.07) is 17.0. The second kappa shape index (κ2) is 9.41. The lowest BCUT2D eigenvalue weighted by molar-refractivity contribution is 0.101. The van der Waals surface area contributed by atoms with Crippen LogP contribution >= 0.6 is 0 Å². The predicted octanol–water partition coefficient (Wildman–Crippen LogP) is 2.59. The Balaban J connectivity index is 1.70. The highest BCUT2D eigenvalue weighted by molar-refractivity contribution is 6.03. The zero-order valence-electron chi connectivity index (χ0n) is 16.1. The smallest absolute Gasteiger partial charge is 0.276 e. The number of carbonyl (C=O) groups is 1. The average Bonchev–Trinajstić information content (AvgIpc) is 2.76. The molecule has 0 saturated carbocycles. The fraction of sp³-hybridized carbons (Fsp3) is 0.190. The number of ether oxygens (including phenoxy) is 3. The van der Waals surface area contributed by atoms with E-state index < -0.39 is 5.91 Å². The topological polar surface area (TPSA) is 91.7 Å². The van der Waals surface area contributed by atoms with E-state index in [1.807, 2.05) is 30.3 Å². The number of anilines is 1. The number of nitrogens with zero attached hydrogens (tertiary/aromatic N) is 2. The van der Waals surface area contributed by atoms with Crippen molar-refractivity contribution in [1.29, 1.82) is 0 Å². The summed E-state index contributed by atoms with van der Waals surface area (Å²) in [6.45, 7) is 0.453. The van der Waals surface area contributed by atoms with Crippen molar-refractivity contribution in [3.63, 3.8) is 0 Å². The number of para-hydroxylation sites is 1. The Kier molecular flexibility index (Phi) is 6.47. The van der Waals surface area contributed by atoms with Crippen LogP contribution in [0.5, 0.6) is 17.2 Å². The van der Waals surface area contributed by atoms with Gasteiger partial charge >= 0.3 is 0 Å². The summed E-state index contributed by atoms with van der Waals surface area (Å²) in [5.74, 6) is 1.28. The Bertz CT molecular complexity index is 1030. The minimum atomic E-state index is -0.466. The summed E-state index contributed by atoms with van der Waals surface area (Å²) in [6.07, 6.45) is 0. The SMILES string of the molecule is COc1ccc(NC(=O)c2ccc(=O)n(CCOc3ccccc3)n2)c(OC)c1. The van der Waals surface area contributed by atoms with Crippen molar-refractivity contribution in [2.45, 2.75) is 6.54 Å². The van der Waals surface area contributed by atoms with Crippen molar-refractivity contribution < 1.29 is 19.0 Å². The molecule has 3 aromatic rings. The van der Waals surface area contributed by atoms with Gasteiger partial charge in [-0.1, -0.05) is 18.2 Å². The van der Waals surface area contributed by atoms with E-state index in [0.29, 0.717) is 22.9 Å². The van der Waals surface area contributed by atoms with Crippen LogP contribution in [-0.2, 0) is 6.54 Å². The molecule has 0 fully saturated rings. The standard InChI is InChI=1S/C21H21N3O5/c1-27-16-8-9-17(19(14-16)28-2)22-21(26)18-10-11-20(25)24(23-18)12-13-29-15-6-4-3-5-7-15/h3-11,14H,12-13H2,1-2H3,(H,22,26). The Morgan fingerprint density at radius 1 is 1.00 bits per heavy atom. The molecule has 0 atom stereocenters. The molecule has 0 bridgehead atoms. The number of hydrogen-bond donors (Lipinski definition) is 1. The van der Waals surface area contributed by atoms with Crippen molar-refractivity contribution in [3.05, 3.63) is 76.7 Å². The first-order valence-corrected chi connectivity index (χ1v) is 8.90. The molecule has 8 nitrogen and oxygen atoms in total. The van der Waals surface area contributed by atoms with Crippen molar-refractivity contribution in [3.8, 4) is 17.2 Å². The van der Waals surface area contributed by atoms with E-state index in [4.69, 9.17) is 14.2 Å². The first-order chi connectivity index (χ1) is 14.1. The zero-order valence-corrected chi connectivity index (χ0v) is 16.1. The van der Waals surface area contributed by atoms with Crippen LogP contribution in [0.4, 0.5) is 5.69 Å². The lowest BCUT2D eigenvalue weighted by atomic mass is 10.2. The molecule has 1 heterocycles. The number of carbonyl (C=O) groups excluding carboxylic acids is 1. The quantitative estimate of drug-likeness (QED) is 0.630. The highest BCUT2D eigenvalue weighted by Gasteiger charge is 2.13. The van der Waals surface area contributed by atoms with Gasteiger partial charge in [0, 0.05) is 12.1 Å². The van der Waals surface area contributed by atoms with E-state index in [9.17, 15) is 9.59 Å². The first kappa shape index (κ1) is 19.9. The highest BCUT2D eigenvalue weighted by Crippen LogP contribution is 2.29. The first-order valence-electron chi connectivity index (χ1n) is 8.90. The van der Waals surface area contributed by atoms with Crippen molar-refractivity contribution in [2.24, 2.45) is 0 Å². The molecule has 0 unspecified atom stereocenters. The number of nitrogens with one attached hydrogen (secondary N) is 1. The molecule has 1 amide bonds. The van der Waals surface area contributed by atoms with Crippen LogP contribution in [-0.4, -0.2) is 36.5 Å². The van der Waals surface area contributed by atoms with Crippen LogP contribution in [0.3, 0.4) is 0 Å². The molecule has 29 heavy (non-hydrogen) atoms. The molecule has 0 aliphatic heterocycles. The molecule has 1 aromatic heterocycles. The molecule has 0 spiro atoms. The number of hydrogen-bond acceptors (Lipinski definition) is 6. The van der Waals surface area contributed by atoms with Crippen LogP contribution < -0.4 is 25.1 Å². The minimum absolute atomic E-state index is 0.0992. The summed E-state index contributed by atoms with van der Waals surface area (Å²) < 4.78 is 17.2. The zero-order chi connectivity index (χ0) is 20.6. The third-order valence-corrected chi connectivity index (χ3v) is 4.07. The van der Waals surface area contributed by atoms with E-state index in [1.54, 1.807) is 25.3 Å². The van der Waals surface area contributed by atoms with Gasteiger partial charge in [-0.05, 0) is 30.3 Å². The lowest BCUT2D eigenvalue weighted by Crippen LogP contribution is -2.28. The molecule has 0 saturated heterocycles. The third-order valence-electron chi connectivity index (χ3n) is 4.07. The summed E-state index contributed by atoms with van der Waals surface area (Å²) in [4.78, 5) is 24.6. The fourth-order valence-corrected chi connectivity index (χ4v) is 2.59. The van der Waals surface area contributed by atoms with Crippen LogP contribution in [0.1, 0.15) is 10.5 Å². The van der Waals surface area contributed by atoms with Crippen LogP contribution in [0.25, 0.3) is 0 Å². The van der Waals surface area contributed by atoms with Gasteiger partial charge in [-0.15, -0.1) is 0 Å². The molecule has 0 aliphatic carbocycles. The predicted molar refractivity (Wildman–Crippen MR) is 108 cm³/mol. The van der Waals surface area contributed by atoms with E-state index >= 15 is 0 Å². The molecule has 0 radical (unpaired) electrons. The molecule has 150 valence electrons. The van der Waals surface area contributed by atoms with Crippen molar-refractivity contribution in [2.75, 3.05) is 26.1 Å². The van der Waals surface area contributed by atoms with Gasteiger partial charge in [0.25, 0.3) is 11.5 Å². The maximum atomic E-state index is 12.6. The van der Waals surface area contributed by atoms with Crippen LogP contribution in [0.15, 0.2) is 65.5 Å². The lowest BCUT2D eigenvalue weighted by Gasteiger charge is -2.12. The van der Waals surface area contributed by atoms with Gasteiger partial charge in [-0.3, -0.25) is 9.59 Å². The number of amides is 1. The van der Waals surface area contributed by atoms with E-state index in [-0.39, 0.29) is 24.4 Å². The van der Waals surface area contributed by atoms with E-state index in [0.717, 1.165) is 0 Å². The van der Waals surface area contributed by atoms with Crippen LogP contribution in [0, 0.1) is 0 Å². The van der Waals surface area contributed by atoms with Crippen molar-refractivity contribution in [1.82, 2.24) is 9.78 Å². The van der Waals surface area contributed by atoms with Gasteiger partial charge in [-0.2, -0.15) is 5.10 Å². The summed E-state index contributed by atoms with van der Waals surface area (Å²) in [7, 11) is 3.04. The van der Waals surface area contributed by atoms with Crippen LogP contribution in [0.2, 0.25) is 0 Å². The van der Waals surface area contributed by atoms with Gasteiger partial charge in [-0.25, -0.2) is 4.68 Å². The number of rotatable bonds is 8. The van der Waals surface area contributed by atoms with Gasteiger partial charge in [0.05, 0.1) is 26.5 Å².